The van der Waals surface area contributed by atoms with E-state index in [1.54, 1.807) is 7.05 Å². The molecule has 0 aromatic rings. The van der Waals surface area contributed by atoms with E-state index in [1.807, 2.05) is 13.8 Å². The number of carbonyl (C=O) groups is 1. The van der Waals surface area contributed by atoms with Crippen molar-refractivity contribution in [2.24, 2.45) is 11.8 Å². The first-order valence-corrected chi connectivity index (χ1v) is 6.59. The van der Waals surface area contributed by atoms with Crippen LogP contribution in [0.15, 0.2) is 0 Å². The summed E-state index contributed by atoms with van der Waals surface area (Å²) in [6.07, 6.45) is 4.63. The highest BCUT2D eigenvalue weighted by atomic mass is 16.3. The highest BCUT2D eigenvalue weighted by Gasteiger charge is 2.28. The highest BCUT2D eigenvalue weighted by molar-refractivity contribution is 5.85. The molecule has 0 aromatic carbocycles. The van der Waals surface area contributed by atoms with Crippen molar-refractivity contribution in [2.45, 2.75) is 45.1 Å². The van der Waals surface area contributed by atoms with Crippen LogP contribution in [0.4, 0.5) is 0 Å². The Morgan fingerprint density at radius 3 is 2.41 bits per heavy atom. The molecule has 2 unspecified atom stereocenters. The van der Waals surface area contributed by atoms with Gasteiger partial charge in [-0.25, -0.2) is 0 Å². The second-order valence-corrected chi connectivity index (χ2v) is 5.57. The molecule has 0 heterocycles. The molecule has 2 atom stereocenters. The Balaban J connectivity index is 2.41. The molecule has 0 spiro atoms. The van der Waals surface area contributed by atoms with Gasteiger partial charge in [0.05, 0.1) is 5.54 Å². The van der Waals surface area contributed by atoms with Crippen LogP contribution in [0.25, 0.3) is 0 Å². The maximum atomic E-state index is 11.9. The monoisotopic (exact) mass is 242 g/mol. The van der Waals surface area contributed by atoms with E-state index >= 15 is 0 Å². The van der Waals surface area contributed by atoms with E-state index in [9.17, 15) is 9.90 Å². The van der Waals surface area contributed by atoms with Crippen LogP contribution in [-0.4, -0.2) is 36.8 Å². The lowest BCUT2D eigenvalue weighted by Gasteiger charge is -2.31. The Bertz CT molecular complexity index is 254. The van der Waals surface area contributed by atoms with Crippen molar-refractivity contribution in [2.75, 3.05) is 20.2 Å². The summed E-state index contributed by atoms with van der Waals surface area (Å²) in [5.41, 5.74) is -0.524. The molecule has 1 saturated carbocycles. The second kappa shape index (κ2) is 6.36. The van der Waals surface area contributed by atoms with Crippen molar-refractivity contribution in [3.63, 3.8) is 0 Å². The van der Waals surface area contributed by atoms with E-state index in [-0.39, 0.29) is 12.5 Å². The predicted octanol–water partition coefficient (Wildman–Crippen LogP) is 0.899. The fourth-order valence-electron chi connectivity index (χ4n) is 2.35. The summed E-state index contributed by atoms with van der Waals surface area (Å²) >= 11 is 0. The summed E-state index contributed by atoms with van der Waals surface area (Å²) in [4.78, 5) is 11.9. The van der Waals surface area contributed by atoms with E-state index in [2.05, 4.69) is 10.6 Å². The van der Waals surface area contributed by atoms with Gasteiger partial charge in [-0.3, -0.25) is 4.79 Å². The third kappa shape index (κ3) is 3.96. The van der Waals surface area contributed by atoms with Crippen LogP contribution >= 0.6 is 0 Å². The molecule has 0 saturated heterocycles. The standard InChI is InChI=1S/C13H26N2O2/c1-13(2,14-3)12(17)15-8-10-6-4-5-7-11(10)9-16/h10-11,14,16H,4-9H2,1-3H3,(H,15,17). The van der Waals surface area contributed by atoms with Gasteiger partial charge >= 0.3 is 0 Å². The molecule has 1 aliphatic rings. The van der Waals surface area contributed by atoms with Crippen molar-refractivity contribution in [3.8, 4) is 0 Å². The zero-order chi connectivity index (χ0) is 12.9. The zero-order valence-electron chi connectivity index (χ0n) is 11.3. The van der Waals surface area contributed by atoms with E-state index in [1.165, 1.54) is 12.8 Å². The maximum Gasteiger partial charge on any atom is 0.239 e. The molecule has 0 aliphatic heterocycles. The van der Waals surface area contributed by atoms with Crippen LogP contribution in [0.3, 0.4) is 0 Å². The van der Waals surface area contributed by atoms with Crippen LogP contribution in [-0.2, 0) is 4.79 Å². The summed E-state index contributed by atoms with van der Waals surface area (Å²) in [5, 5.41) is 15.3. The average molecular weight is 242 g/mol. The van der Waals surface area contributed by atoms with Crippen LogP contribution in [0.5, 0.6) is 0 Å². The lowest BCUT2D eigenvalue weighted by molar-refractivity contribution is -0.126. The van der Waals surface area contributed by atoms with Gasteiger partial charge in [0.15, 0.2) is 0 Å². The Labute approximate surface area is 104 Å². The number of nitrogens with one attached hydrogen (secondary N) is 2. The van der Waals surface area contributed by atoms with Crippen LogP contribution < -0.4 is 10.6 Å². The van der Waals surface area contributed by atoms with Gasteiger partial charge in [-0.1, -0.05) is 12.8 Å². The van der Waals surface area contributed by atoms with Gasteiger partial charge in [-0.2, -0.15) is 0 Å². The molecule has 0 radical (unpaired) electrons. The Hall–Kier alpha value is -0.610. The molecule has 4 nitrogen and oxygen atoms in total. The molecule has 1 rings (SSSR count). The Morgan fingerprint density at radius 2 is 1.88 bits per heavy atom. The topological polar surface area (TPSA) is 61.4 Å². The largest absolute Gasteiger partial charge is 0.396 e. The molecule has 1 aliphatic carbocycles. The van der Waals surface area contributed by atoms with Crippen LogP contribution in [0.2, 0.25) is 0 Å². The van der Waals surface area contributed by atoms with E-state index < -0.39 is 5.54 Å². The molecule has 3 N–H and O–H groups in total. The van der Waals surface area contributed by atoms with E-state index in [4.69, 9.17) is 0 Å². The molecular formula is C13H26N2O2. The van der Waals surface area contributed by atoms with Crippen molar-refractivity contribution in [1.29, 1.82) is 0 Å². The molecule has 100 valence electrons. The van der Waals surface area contributed by atoms with Crippen LogP contribution in [0.1, 0.15) is 39.5 Å². The zero-order valence-corrected chi connectivity index (χ0v) is 11.3. The summed E-state index contributed by atoms with van der Waals surface area (Å²) in [6.45, 7) is 4.67. The first-order valence-electron chi connectivity index (χ1n) is 6.59. The molecule has 4 heteroatoms. The maximum absolute atomic E-state index is 11.9. The van der Waals surface area contributed by atoms with Gasteiger partial charge in [-0.15, -0.1) is 0 Å². The molecule has 0 bridgehead atoms. The normalized spacial score (nSPS) is 25.6. The summed E-state index contributed by atoms with van der Waals surface area (Å²) in [7, 11) is 1.79. The van der Waals surface area contributed by atoms with Crippen molar-refractivity contribution in [1.82, 2.24) is 10.6 Å². The Kier molecular flexibility index (Phi) is 5.40. The van der Waals surface area contributed by atoms with Crippen molar-refractivity contribution < 1.29 is 9.90 Å². The number of amides is 1. The summed E-state index contributed by atoms with van der Waals surface area (Å²) in [6, 6.07) is 0. The third-order valence-electron chi connectivity index (χ3n) is 4.02. The average Bonchev–Trinajstić information content (AvgIpc) is 2.36. The van der Waals surface area contributed by atoms with Crippen molar-refractivity contribution >= 4 is 5.91 Å². The number of hydrogen-bond acceptors (Lipinski definition) is 3. The number of aliphatic hydroxyl groups excluding tert-OH is 1. The SMILES string of the molecule is CNC(C)(C)C(=O)NCC1CCCCC1CO. The summed E-state index contributed by atoms with van der Waals surface area (Å²) < 4.78 is 0. The molecule has 1 fully saturated rings. The van der Waals surface area contributed by atoms with Gasteiger partial charge in [0.25, 0.3) is 0 Å². The fraction of sp³-hybridized carbons (Fsp3) is 0.923. The quantitative estimate of drug-likeness (QED) is 0.671. The highest BCUT2D eigenvalue weighted by Crippen LogP contribution is 2.29. The van der Waals surface area contributed by atoms with Gasteiger partial charge in [-0.05, 0) is 45.6 Å². The van der Waals surface area contributed by atoms with E-state index in [0.717, 1.165) is 12.8 Å². The number of hydrogen-bond donors (Lipinski definition) is 3. The second-order valence-electron chi connectivity index (χ2n) is 5.57. The smallest absolute Gasteiger partial charge is 0.239 e. The minimum atomic E-state index is -0.524. The predicted molar refractivity (Wildman–Crippen MR) is 68.7 cm³/mol. The molecule has 0 aromatic heterocycles. The van der Waals surface area contributed by atoms with Gasteiger partial charge < -0.3 is 15.7 Å². The minimum Gasteiger partial charge on any atom is -0.396 e. The van der Waals surface area contributed by atoms with Crippen LogP contribution in [0, 0.1) is 11.8 Å². The minimum absolute atomic E-state index is 0.0299. The number of likely N-dealkylation sites (N-methyl/N-ethyl adjacent to an activating group) is 1. The molecule has 17 heavy (non-hydrogen) atoms. The lowest BCUT2D eigenvalue weighted by Crippen LogP contribution is -2.52. The van der Waals surface area contributed by atoms with E-state index in [0.29, 0.717) is 18.4 Å². The summed E-state index contributed by atoms with van der Waals surface area (Å²) in [5.74, 6) is 0.828. The molecule has 1 amide bonds. The first-order chi connectivity index (χ1) is 8.01. The fourth-order valence-corrected chi connectivity index (χ4v) is 2.35. The molecular weight excluding hydrogens is 216 g/mol. The lowest BCUT2D eigenvalue weighted by atomic mass is 9.79. The number of rotatable bonds is 5. The number of carbonyl (C=O) groups excluding carboxylic acids is 1. The number of aliphatic hydroxyl groups is 1. The van der Waals surface area contributed by atoms with Gasteiger partial charge in [0.1, 0.15) is 0 Å². The van der Waals surface area contributed by atoms with Gasteiger partial charge in [0.2, 0.25) is 5.91 Å². The van der Waals surface area contributed by atoms with Crippen molar-refractivity contribution in [3.05, 3.63) is 0 Å². The van der Waals surface area contributed by atoms with Gasteiger partial charge in [0, 0.05) is 13.2 Å². The Morgan fingerprint density at radius 1 is 1.29 bits per heavy atom. The third-order valence-corrected chi connectivity index (χ3v) is 4.02. The first kappa shape index (κ1) is 14.5.